The highest BCUT2D eigenvalue weighted by molar-refractivity contribution is 5.73. The van der Waals surface area contributed by atoms with Crippen LogP contribution in [-0.2, 0) is 4.79 Å². The molecule has 0 heterocycles. The molecule has 0 bridgehead atoms. The average Bonchev–Trinajstić information content (AvgIpc) is 2.10. The van der Waals surface area contributed by atoms with Crippen LogP contribution in [0.25, 0.3) is 0 Å². The first-order valence-electron chi connectivity index (χ1n) is 4.82. The number of hydrogen-bond donors (Lipinski definition) is 3. The fraction of sp³-hybridized carbons (Fsp3) is 0.889. The maximum atomic E-state index is 10.4. The summed E-state index contributed by atoms with van der Waals surface area (Å²) in [4.78, 5) is 10.4. The Morgan fingerprint density at radius 3 is 2.46 bits per heavy atom. The maximum Gasteiger partial charge on any atom is 0.217 e. The topological polar surface area (TPSA) is 95.1 Å². The fourth-order valence-electron chi connectivity index (χ4n) is 1.21. The van der Waals surface area contributed by atoms with Gasteiger partial charge in [-0.1, -0.05) is 13.3 Å². The monoisotopic (exact) mass is 187 g/mol. The van der Waals surface area contributed by atoms with Gasteiger partial charge in [-0.3, -0.25) is 4.79 Å². The summed E-state index contributed by atoms with van der Waals surface area (Å²) in [6, 6.07) is 0.0774. The van der Waals surface area contributed by atoms with E-state index >= 15 is 0 Å². The zero-order chi connectivity index (χ0) is 10.3. The molecular weight excluding hydrogens is 166 g/mol. The number of rotatable bonds is 7. The standard InChI is InChI=1S/C9H21N3O/c1-7(8(11)6-10)4-2-3-5-9(12)13/h7-8H,2-6,10-11H2,1H3,(H2,12,13). The van der Waals surface area contributed by atoms with Gasteiger partial charge in [-0.2, -0.15) is 0 Å². The number of hydrogen-bond acceptors (Lipinski definition) is 3. The Morgan fingerprint density at radius 2 is 2.00 bits per heavy atom. The molecule has 0 fully saturated rings. The van der Waals surface area contributed by atoms with Crippen molar-refractivity contribution in [3.8, 4) is 0 Å². The van der Waals surface area contributed by atoms with Gasteiger partial charge in [0.05, 0.1) is 0 Å². The van der Waals surface area contributed by atoms with Gasteiger partial charge in [0, 0.05) is 19.0 Å². The van der Waals surface area contributed by atoms with Crippen LogP contribution in [0.3, 0.4) is 0 Å². The van der Waals surface area contributed by atoms with E-state index in [2.05, 4.69) is 6.92 Å². The lowest BCUT2D eigenvalue weighted by Crippen LogP contribution is -2.35. The molecule has 0 aromatic carbocycles. The Kier molecular flexibility index (Phi) is 6.54. The molecule has 0 rings (SSSR count). The van der Waals surface area contributed by atoms with Crippen LogP contribution in [-0.4, -0.2) is 18.5 Å². The third-order valence-corrected chi connectivity index (χ3v) is 2.34. The fourth-order valence-corrected chi connectivity index (χ4v) is 1.21. The third kappa shape index (κ3) is 6.54. The van der Waals surface area contributed by atoms with Crippen LogP contribution < -0.4 is 17.2 Å². The summed E-state index contributed by atoms with van der Waals surface area (Å²) in [6.45, 7) is 2.61. The van der Waals surface area contributed by atoms with Crippen LogP contribution in [0.15, 0.2) is 0 Å². The molecule has 4 heteroatoms. The van der Waals surface area contributed by atoms with E-state index in [9.17, 15) is 4.79 Å². The number of nitrogens with two attached hydrogens (primary N) is 3. The van der Waals surface area contributed by atoms with Crippen LogP contribution in [0.2, 0.25) is 0 Å². The van der Waals surface area contributed by atoms with E-state index in [1.54, 1.807) is 0 Å². The van der Waals surface area contributed by atoms with Gasteiger partial charge in [-0.25, -0.2) is 0 Å². The smallest absolute Gasteiger partial charge is 0.217 e. The van der Waals surface area contributed by atoms with Gasteiger partial charge >= 0.3 is 0 Å². The Labute approximate surface area is 79.8 Å². The van der Waals surface area contributed by atoms with E-state index in [4.69, 9.17) is 17.2 Å². The van der Waals surface area contributed by atoms with Crippen molar-refractivity contribution in [1.82, 2.24) is 0 Å². The van der Waals surface area contributed by atoms with Gasteiger partial charge in [0.1, 0.15) is 0 Å². The summed E-state index contributed by atoms with van der Waals surface area (Å²) in [6.07, 6.45) is 3.35. The van der Waals surface area contributed by atoms with E-state index in [-0.39, 0.29) is 11.9 Å². The van der Waals surface area contributed by atoms with Crippen LogP contribution >= 0.6 is 0 Å². The van der Waals surface area contributed by atoms with E-state index in [1.807, 2.05) is 0 Å². The summed E-state index contributed by atoms with van der Waals surface area (Å²) in [7, 11) is 0. The predicted molar refractivity (Wildman–Crippen MR) is 53.9 cm³/mol. The van der Waals surface area contributed by atoms with Crippen molar-refractivity contribution in [3.05, 3.63) is 0 Å². The van der Waals surface area contributed by atoms with Crippen molar-refractivity contribution in [2.75, 3.05) is 6.54 Å². The number of carbonyl (C=O) groups excluding carboxylic acids is 1. The minimum Gasteiger partial charge on any atom is -0.370 e. The van der Waals surface area contributed by atoms with E-state index < -0.39 is 0 Å². The van der Waals surface area contributed by atoms with Gasteiger partial charge in [-0.15, -0.1) is 0 Å². The number of unbranched alkanes of at least 4 members (excludes halogenated alkanes) is 1. The largest absolute Gasteiger partial charge is 0.370 e. The van der Waals surface area contributed by atoms with E-state index in [1.165, 1.54) is 0 Å². The highest BCUT2D eigenvalue weighted by atomic mass is 16.1. The Balaban J connectivity index is 3.36. The summed E-state index contributed by atoms with van der Waals surface area (Å²) in [5.41, 5.74) is 16.2. The van der Waals surface area contributed by atoms with E-state index in [0.717, 1.165) is 19.3 Å². The lowest BCUT2D eigenvalue weighted by Gasteiger charge is -2.17. The highest BCUT2D eigenvalue weighted by Gasteiger charge is 2.09. The molecule has 2 unspecified atom stereocenters. The van der Waals surface area contributed by atoms with Crippen LogP contribution in [0.4, 0.5) is 0 Å². The summed E-state index contributed by atoms with van der Waals surface area (Å²) in [5.74, 6) is 0.202. The molecule has 0 saturated carbocycles. The van der Waals surface area contributed by atoms with Gasteiger partial charge in [0.15, 0.2) is 0 Å². The third-order valence-electron chi connectivity index (χ3n) is 2.34. The molecule has 13 heavy (non-hydrogen) atoms. The quantitative estimate of drug-likeness (QED) is 0.488. The molecule has 0 saturated heterocycles. The second-order valence-electron chi connectivity index (χ2n) is 3.59. The Hall–Kier alpha value is -0.610. The molecular formula is C9H21N3O. The van der Waals surface area contributed by atoms with Gasteiger partial charge in [-0.05, 0) is 18.8 Å². The number of primary amides is 1. The van der Waals surface area contributed by atoms with Crippen molar-refractivity contribution >= 4 is 5.91 Å². The van der Waals surface area contributed by atoms with Crippen molar-refractivity contribution in [1.29, 1.82) is 0 Å². The van der Waals surface area contributed by atoms with Crippen molar-refractivity contribution in [3.63, 3.8) is 0 Å². The molecule has 0 aromatic heterocycles. The number of carbonyl (C=O) groups is 1. The van der Waals surface area contributed by atoms with Crippen molar-refractivity contribution in [2.24, 2.45) is 23.1 Å². The van der Waals surface area contributed by atoms with Gasteiger partial charge in [0.2, 0.25) is 5.91 Å². The minimum atomic E-state index is -0.226. The molecule has 4 nitrogen and oxygen atoms in total. The zero-order valence-corrected chi connectivity index (χ0v) is 8.33. The Morgan fingerprint density at radius 1 is 1.38 bits per heavy atom. The first kappa shape index (κ1) is 12.4. The molecule has 0 aromatic rings. The molecule has 0 radical (unpaired) electrons. The van der Waals surface area contributed by atoms with Gasteiger partial charge < -0.3 is 17.2 Å². The molecule has 0 spiro atoms. The predicted octanol–water partition coefficient (Wildman–Crippen LogP) is -0.0458. The molecule has 0 aliphatic heterocycles. The minimum absolute atomic E-state index is 0.0774. The molecule has 6 N–H and O–H groups in total. The second kappa shape index (κ2) is 6.86. The lowest BCUT2D eigenvalue weighted by molar-refractivity contribution is -0.118. The van der Waals surface area contributed by atoms with E-state index in [0.29, 0.717) is 18.9 Å². The molecule has 0 aliphatic carbocycles. The van der Waals surface area contributed by atoms with Crippen molar-refractivity contribution < 1.29 is 4.79 Å². The average molecular weight is 187 g/mol. The van der Waals surface area contributed by atoms with Gasteiger partial charge in [0.25, 0.3) is 0 Å². The van der Waals surface area contributed by atoms with Crippen molar-refractivity contribution in [2.45, 2.75) is 38.6 Å². The zero-order valence-electron chi connectivity index (χ0n) is 8.33. The highest BCUT2D eigenvalue weighted by Crippen LogP contribution is 2.11. The first-order valence-corrected chi connectivity index (χ1v) is 4.82. The SMILES string of the molecule is CC(CCCCC(N)=O)C(N)CN. The molecule has 2 atom stereocenters. The first-order chi connectivity index (χ1) is 6.07. The summed E-state index contributed by atoms with van der Waals surface area (Å²) < 4.78 is 0. The molecule has 1 amide bonds. The summed E-state index contributed by atoms with van der Waals surface area (Å²) >= 11 is 0. The number of amides is 1. The maximum absolute atomic E-state index is 10.4. The molecule has 0 aliphatic rings. The summed E-state index contributed by atoms with van der Waals surface area (Å²) in [5, 5.41) is 0. The molecule has 78 valence electrons. The van der Waals surface area contributed by atoms with Crippen LogP contribution in [0.1, 0.15) is 32.6 Å². The Bertz CT molecular complexity index is 150. The van der Waals surface area contributed by atoms with Crippen LogP contribution in [0, 0.1) is 5.92 Å². The normalized spacial score (nSPS) is 15.3. The lowest BCUT2D eigenvalue weighted by atomic mass is 9.96. The van der Waals surface area contributed by atoms with Crippen LogP contribution in [0.5, 0.6) is 0 Å². The second-order valence-corrected chi connectivity index (χ2v) is 3.59.